The van der Waals surface area contributed by atoms with E-state index in [1.54, 1.807) is 0 Å². The predicted molar refractivity (Wildman–Crippen MR) is 119 cm³/mol. The average Bonchev–Trinajstić information content (AvgIpc) is 2.73. The number of benzene rings is 2. The standard InChI is InChI=1S/C25H32N2O2/c1-18-10-12-21(13-11-18)16-29-25(28)23-14-20(3)24(15-19(23)2)26-17-27(4)22-8-6-5-7-9-22/h10-15,17,22H,5-9,16H2,1-4H3. The Hall–Kier alpha value is -2.62. The third-order valence-electron chi connectivity index (χ3n) is 5.78. The number of carbonyl (C=O) groups is 1. The number of aliphatic imine (C=N–C) groups is 1. The smallest absolute Gasteiger partial charge is 0.338 e. The van der Waals surface area contributed by atoms with Gasteiger partial charge >= 0.3 is 5.97 Å². The van der Waals surface area contributed by atoms with Crippen LogP contribution in [0.3, 0.4) is 0 Å². The molecule has 1 aliphatic carbocycles. The molecule has 0 heterocycles. The Morgan fingerprint density at radius 2 is 1.76 bits per heavy atom. The molecule has 0 bridgehead atoms. The fourth-order valence-electron chi connectivity index (χ4n) is 3.81. The first-order valence-corrected chi connectivity index (χ1v) is 10.5. The van der Waals surface area contributed by atoms with E-state index in [9.17, 15) is 4.79 Å². The van der Waals surface area contributed by atoms with Gasteiger partial charge in [0.05, 0.1) is 17.6 Å². The molecule has 0 spiro atoms. The minimum Gasteiger partial charge on any atom is -0.457 e. The summed E-state index contributed by atoms with van der Waals surface area (Å²) in [4.78, 5) is 19.5. The first-order chi connectivity index (χ1) is 13.9. The number of aryl methyl sites for hydroxylation is 3. The number of hydrogen-bond acceptors (Lipinski definition) is 3. The zero-order valence-electron chi connectivity index (χ0n) is 18.1. The Morgan fingerprint density at radius 3 is 2.45 bits per heavy atom. The van der Waals surface area contributed by atoms with Gasteiger partial charge in [0, 0.05) is 13.1 Å². The lowest BCUT2D eigenvalue weighted by molar-refractivity contribution is 0.0472. The van der Waals surface area contributed by atoms with Gasteiger partial charge in [0.25, 0.3) is 0 Å². The summed E-state index contributed by atoms with van der Waals surface area (Å²) in [6.45, 7) is 6.25. The maximum atomic E-state index is 12.6. The summed E-state index contributed by atoms with van der Waals surface area (Å²) in [5.41, 5.74) is 5.56. The number of nitrogens with zero attached hydrogens (tertiary/aromatic N) is 2. The SMILES string of the molecule is Cc1ccc(COC(=O)c2cc(C)c(N=CN(C)C3CCCCC3)cc2C)cc1. The second kappa shape index (κ2) is 9.73. The minimum atomic E-state index is -0.291. The van der Waals surface area contributed by atoms with Crippen LogP contribution in [0, 0.1) is 20.8 Å². The zero-order chi connectivity index (χ0) is 20.8. The molecule has 1 fully saturated rings. The van der Waals surface area contributed by atoms with Gasteiger partial charge < -0.3 is 9.64 Å². The van der Waals surface area contributed by atoms with Gasteiger partial charge in [0.1, 0.15) is 6.61 Å². The molecule has 154 valence electrons. The summed E-state index contributed by atoms with van der Waals surface area (Å²) in [6.07, 6.45) is 8.38. The molecule has 0 saturated heterocycles. The number of rotatable bonds is 6. The summed E-state index contributed by atoms with van der Waals surface area (Å²) in [5, 5.41) is 0. The van der Waals surface area contributed by atoms with Crippen LogP contribution in [0.15, 0.2) is 41.4 Å². The molecule has 0 radical (unpaired) electrons. The van der Waals surface area contributed by atoms with Gasteiger partial charge in [-0.1, -0.05) is 49.1 Å². The van der Waals surface area contributed by atoms with Crippen molar-refractivity contribution in [1.82, 2.24) is 4.90 Å². The van der Waals surface area contributed by atoms with Gasteiger partial charge in [-0.3, -0.25) is 0 Å². The normalized spacial score (nSPS) is 14.9. The molecule has 2 aromatic carbocycles. The maximum absolute atomic E-state index is 12.6. The van der Waals surface area contributed by atoms with Crippen molar-refractivity contribution in [3.05, 3.63) is 64.2 Å². The summed E-state index contributed by atoms with van der Waals surface area (Å²) >= 11 is 0. The molecule has 4 heteroatoms. The van der Waals surface area contributed by atoms with Crippen LogP contribution in [0.25, 0.3) is 0 Å². The molecular weight excluding hydrogens is 360 g/mol. The number of hydrogen-bond donors (Lipinski definition) is 0. The Labute approximate surface area is 174 Å². The number of ether oxygens (including phenoxy) is 1. The third kappa shape index (κ3) is 5.69. The first-order valence-electron chi connectivity index (χ1n) is 10.5. The van der Waals surface area contributed by atoms with Crippen molar-refractivity contribution in [1.29, 1.82) is 0 Å². The van der Waals surface area contributed by atoms with Crippen molar-refractivity contribution >= 4 is 18.0 Å². The molecule has 0 amide bonds. The highest BCUT2D eigenvalue weighted by Crippen LogP contribution is 2.25. The van der Waals surface area contributed by atoms with Crippen molar-refractivity contribution in [2.45, 2.75) is 65.5 Å². The molecule has 4 nitrogen and oxygen atoms in total. The van der Waals surface area contributed by atoms with Crippen molar-refractivity contribution in [2.75, 3.05) is 7.05 Å². The van der Waals surface area contributed by atoms with Crippen molar-refractivity contribution in [3.8, 4) is 0 Å². The van der Waals surface area contributed by atoms with E-state index < -0.39 is 0 Å². The van der Waals surface area contributed by atoms with E-state index in [0.717, 1.165) is 22.4 Å². The maximum Gasteiger partial charge on any atom is 0.338 e. The van der Waals surface area contributed by atoms with Crippen molar-refractivity contribution in [3.63, 3.8) is 0 Å². The highest BCUT2D eigenvalue weighted by atomic mass is 16.5. The van der Waals surface area contributed by atoms with E-state index in [-0.39, 0.29) is 12.6 Å². The quantitative estimate of drug-likeness (QED) is 0.349. The van der Waals surface area contributed by atoms with Crippen LogP contribution >= 0.6 is 0 Å². The second-order valence-electron chi connectivity index (χ2n) is 8.22. The lowest BCUT2D eigenvalue weighted by Crippen LogP contribution is -2.32. The molecule has 0 aliphatic heterocycles. The predicted octanol–water partition coefficient (Wildman–Crippen LogP) is 5.89. The molecule has 29 heavy (non-hydrogen) atoms. The summed E-state index contributed by atoms with van der Waals surface area (Å²) in [5.74, 6) is -0.291. The van der Waals surface area contributed by atoms with Crippen LogP contribution in [-0.4, -0.2) is 30.3 Å². The Morgan fingerprint density at radius 1 is 1.07 bits per heavy atom. The lowest BCUT2D eigenvalue weighted by atomic mass is 9.95. The van der Waals surface area contributed by atoms with Gasteiger partial charge in [-0.05, 0) is 62.4 Å². The van der Waals surface area contributed by atoms with Crippen LogP contribution in [0.4, 0.5) is 5.69 Å². The van der Waals surface area contributed by atoms with Gasteiger partial charge in [0.2, 0.25) is 0 Å². The first kappa shape index (κ1) is 21.1. The molecule has 3 rings (SSSR count). The van der Waals surface area contributed by atoms with E-state index in [2.05, 4.69) is 11.9 Å². The van der Waals surface area contributed by atoms with E-state index in [4.69, 9.17) is 9.73 Å². The minimum absolute atomic E-state index is 0.281. The van der Waals surface area contributed by atoms with Crippen LogP contribution in [0.5, 0.6) is 0 Å². The molecule has 2 aromatic rings. The number of carbonyl (C=O) groups excluding carboxylic acids is 1. The summed E-state index contributed by atoms with van der Waals surface area (Å²) in [6, 6.07) is 12.5. The van der Waals surface area contributed by atoms with Gasteiger partial charge in [-0.15, -0.1) is 0 Å². The molecular formula is C25H32N2O2. The topological polar surface area (TPSA) is 41.9 Å². The molecule has 0 N–H and O–H groups in total. The summed E-state index contributed by atoms with van der Waals surface area (Å²) in [7, 11) is 2.11. The van der Waals surface area contributed by atoms with Gasteiger partial charge in [-0.25, -0.2) is 9.79 Å². The van der Waals surface area contributed by atoms with Gasteiger partial charge in [-0.2, -0.15) is 0 Å². The lowest BCUT2D eigenvalue weighted by Gasteiger charge is -2.29. The highest BCUT2D eigenvalue weighted by Gasteiger charge is 2.16. The van der Waals surface area contributed by atoms with E-state index in [1.807, 2.05) is 63.5 Å². The van der Waals surface area contributed by atoms with E-state index in [0.29, 0.717) is 11.6 Å². The Bertz CT molecular complexity index is 865. The van der Waals surface area contributed by atoms with E-state index >= 15 is 0 Å². The molecule has 0 aromatic heterocycles. The molecule has 0 atom stereocenters. The monoisotopic (exact) mass is 392 g/mol. The largest absolute Gasteiger partial charge is 0.457 e. The van der Waals surface area contributed by atoms with Gasteiger partial charge in [0.15, 0.2) is 0 Å². The van der Waals surface area contributed by atoms with Crippen LogP contribution < -0.4 is 0 Å². The molecule has 1 aliphatic rings. The average molecular weight is 393 g/mol. The molecule has 1 saturated carbocycles. The number of esters is 1. The fraction of sp³-hybridized carbons (Fsp3) is 0.440. The Kier molecular flexibility index (Phi) is 7.08. The zero-order valence-corrected chi connectivity index (χ0v) is 18.1. The Balaban J connectivity index is 1.65. The van der Waals surface area contributed by atoms with Crippen molar-refractivity contribution < 1.29 is 9.53 Å². The third-order valence-corrected chi connectivity index (χ3v) is 5.78. The van der Waals surface area contributed by atoms with Crippen LogP contribution in [0.2, 0.25) is 0 Å². The molecule has 0 unspecified atom stereocenters. The van der Waals surface area contributed by atoms with Crippen molar-refractivity contribution in [2.24, 2.45) is 4.99 Å². The highest BCUT2D eigenvalue weighted by molar-refractivity contribution is 5.92. The summed E-state index contributed by atoms with van der Waals surface area (Å²) < 4.78 is 5.52. The van der Waals surface area contributed by atoms with Crippen LogP contribution in [0.1, 0.15) is 64.7 Å². The fourth-order valence-corrected chi connectivity index (χ4v) is 3.81. The van der Waals surface area contributed by atoms with E-state index in [1.165, 1.54) is 37.7 Å². The van der Waals surface area contributed by atoms with Crippen LogP contribution in [-0.2, 0) is 11.3 Å². The second-order valence-corrected chi connectivity index (χ2v) is 8.22.